The molecule has 2 aromatic heterocycles. The first kappa shape index (κ1) is 32.3. The number of hydrogen-bond donors (Lipinski definition) is 3. The van der Waals surface area contributed by atoms with Crippen molar-refractivity contribution in [3.8, 4) is 17.2 Å². The van der Waals surface area contributed by atoms with Crippen molar-refractivity contribution in [2.75, 3.05) is 30.8 Å². The van der Waals surface area contributed by atoms with E-state index < -0.39 is 18.2 Å². The van der Waals surface area contributed by atoms with Gasteiger partial charge >= 0.3 is 18.2 Å². The lowest BCUT2D eigenvalue weighted by molar-refractivity contribution is -0.241. The fourth-order valence-electron chi connectivity index (χ4n) is 4.94. The van der Waals surface area contributed by atoms with E-state index in [-0.39, 0.29) is 25.2 Å². The van der Waals surface area contributed by atoms with Crippen LogP contribution in [-0.4, -0.2) is 70.3 Å². The Labute approximate surface area is 262 Å². The van der Waals surface area contributed by atoms with E-state index in [2.05, 4.69) is 25.8 Å². The monoisotopic (exact) mass is 641 g/mol. The molecule has 0 unspecified atom stereocenters. The summed E-state index contributed by atoms with van der Waals surface area (Å²) in [5.41, 5.74) is 2.01. The van der Waals surface area contributed by atoms with Crippen molar-refractivity contribution in [1.29, 1.82) is 0 Å². The molecule has 12 nitrogen and oxygen atoms in total. The molecule has 0 saturated carbocycles. The number of amides is 2. The van der Waals surface area contributed by atoms with Crippen LogP contribution in [0.1, 0.15) is 32.3 Å². The van der Waals surface area contributed by atoms with Crippen molar-refractivity contribution in [3.05, 3.63) is 66.4 Å². The number of carbonyl (C=O) groups excluding carboxylic acids is 2. The van der Waals surface area contributed by atoms with Gasteiger partial charge in [-0.1, -0.05) is 12.1 Å². The maximum Gasteiger partial charge on any atom is 0.492 e. The standard InChI is InChI=1S/C31H34F3N7O5/c1-19(2)36-30(43)38-21-8-12-24(13-9-21)45-25-14-15-35-28-26(25)27(39-41(28)17-20-6-10-23(44-3)11-7-20)37-22-5-4-16-40(18-22)46-29(42)31(32,33)34/h6-15,19,22H,4-5,16-18H2,1-3H3,(H,37,39)(H2,36,38,43)/t22-/m1/s1. The number of benzene rings is 2. The number of hydroxylamine groups is 2. The fraction of sp³-hybridized carbons (Fsp3) is 0.355. The van der Waals surface area contributed by atoms with Gasteiger partial charge in [0.25, 0.3) is 0 Å². The number of anilines is 2. The number of piperidine rings is 1. The van der Waals surface area contributed by atoms with Gasteiger partial charge in [-0.2, -0.15) is 18.3 Å². The molecule has 3 heterocycles. The van der Waals surface area contributed by atoms with Crippen LogP contribution in [0.25, 0.3) is 11.0 Å². The average Bonchev–Trinajstić information content (AvgIpc) is 3.35. The van der Waals surface area contributed by atoms with Gasteiger partial charge < -0.3 is 30.3 Å². The zero-order valence-corrected chi connectivity index (χ0v) is 25.4. The third kappa shape index (κ3) is 8.15. The summed E-state index contributed by atoms with van der Waals surface area (Å²) in [6, 6.07) is 15.3. The molecule has 15 heteroatoms. The molecule has 0 bridgehead atoms. The summed E-state index contributed by atoms with van der Waals surface area (Å²) in [6.07, 6.45) is -2.41. The molecular formula is C31H34F3N7O5. The molecule has 244 valence electrons. The van der Waals surface area contributed by atoms with E-state index in [1.165, 1.54) is 0 Å². The lowest BCUT2D eigenvalue weighted by Crippen LogP contribution is -2.45. The van der Waals surface area contributed by atoms with Crippen LogP contribution in [-0.2, 0) is 16.2 Å². The highest BCUT2D eigenvalue weighted by Gasteiger charge is 2.43. The first-order valence-corrected chi connectivity index (χ1v) is 14.6. The van der Waals surface area contributed by atoms with E-state index in [0.717, 1.165) is 10.6 Å². The highest BCUT2D eigenvalue weighted by Crippen LogP contribution is 2.35. The Morgan fingerprint density at radius 2 is 1.76 bits per heavy atom. The summed E-state index contributed by atoms with van der Waals surface area (Å²) in [5, 5.41) is 15.2. The quantitative estimate of drug-likeness (QED) is 0.199. The van der Waals surface area contributed by atoms with E-state index in [1.54, 1.807) is 48.3 Å². The van der Waals surface area contributed by atoms with Crippen LogP contribution in [0.5, 0.6) is 17.2 Å². The molecule has 2 aromatic carbocycles. The zero-order valence-electron chi connectivity index (χ0n) is 25.4. The Hall–Kier alpha value is -5.05. The first-order chi connectivity index (χ1) is 22.0. The predicted octanol–water partition coefficient (Wildman–Crippen LogP) is 5.71. The number of urea groups is 1. The van der Waals surface area contributed by atoms with E-state index in [0.29, 0.717) is 59.2 Å². The lowest BCUT2D eigenvalue weighted by atomic mass is 10.1. The molecule has 1 saturated heterocycles. The summed E-state index contributed by atoms with van der Waals surface area (Å²) in [4.78, 5) is 32.7. The van der Waals surface area contributed by atoms with Crippen molar-refractivity contribution in [1.82, 2.24) is 25.1 Å². The summed E-state index contributed by atoms with van der Waals surface area (Å²) < 4.78 is 51.7. The number of pyridine rings is 1. The van der Waals surface area contributed by atoms with Gasteiger partial charge in [0.1, 0.15) is 22.6 Å². The van der Waals surface area contributed by atoms with Gasteiger partial charge in [0.05, 0.1) is 20.2 Å². The summed E-state index contributed by atoms with van der Waals surface area (Å²) in [7, 11) is 1.59. The average molecular weight is 642 g/mol. The van der Waals surface area contributed by atoms with E-state index in [1.807, 2.05) is 38.1 Å². The second-order valence-electron chi connectivity index (χ2n) is 11.0. The van der Waals surface area contributed by atoms with Crippen molar-refractivity contribution in [2.24, 2.45) is 0 Å². The molecule has 1 atom stereocenters. The minimum Gasteiger partial charge on any atom is -0.497 e. The van der Waals surface area contributed by atoms with Crippen LogP contribution < -0.4 is 25.4 Å². The van der Waals surface area contributed by atoms with Gasteiger partial charge in [-0.25, -0.2) is 19.3 Å². The van der Waals surface area contributed by atoms with Crippen LogP contribution in [0.2, 0.25) is 0 Å². The number of ether oxygens (including phenoxy) is 2. The molecule has 2 amide bonds. The van der Waals surface area contributed by atoms with Crippen LogP contribution in [0.15, 0.2) is 60.8 Å². The molecule has 3 N–H and O–H groups in total. The number of nitrogens with one attached hydrogen (secondary N) is 3. The minimum atomic E-state index is -5.09. The molecule has 1 fully saturated rings. The van der Waals surface area contributed by atoms with E-state index >= 15 is 0 Å². The van der Waals surface area contributed by atoms with Crippen LogP contribution >= 0.6 is 0 Å². The molecule has 5 rings (SSSR count). The van der Waals surface area contributed by atoms with Gasteiger partial charge in [-0.3, -0.25) is 0 Å². The molecule has 0 radical (unpaired) electrons. The number of carbonyl (C=O) groups is 2. The normalized spacial score (nSPS) is 15.4. The number of halogens is 3. The zero-order chi connectivity index (χ0) is 32.8. The highest BCUT2D eigenvalue weighted by molar-refractivity contribution is 5.94. The minimum absolute atomic E-state index is 0.0169. The summed E-state index contributed by atoms with van der Waals surface area (Å²) >= 11 is 0. The van der Waals surface area contributed by atoms with Crippen molar-refractivity contribution >= 4 is 34.5 Å². The molecule has 4 aromatic rings. The Kier molecular flexibility index (Phi) is 9.80. The number of fused-ring (bicyclic) bond motifs is 1. The Morgan fingerprint density at radius 3 is 2.43 bits per heavy atom. The van der Waals surface area contributed by atoms with Crippen LogP contribution in [0.4, 0.5) is 29.5 Å². The topological polar surface area (TPSA) is 132 Å². The maximum absolute atomic E-state index is 12.8. The van der Waals surface area contributed by atoms with Gasteiger partial charge in [0, 0.05) is 36.6 Å². The number of hydrogen-bond acceptors (Lipinski definition) is 9. The SMILES string of the molecule is COc1ccc(Cn2nc(N[C@@H]3CCCN(OC(=O)C(F)(F)F)C3)c3c(Oc4ccc(NC(=O)NC(C)C)cc4)ccnc32)cc1. The molecule has 0 aliphatic carbocycles. The molecular weight excluding hydrogens is 607 g/mol. The highest BCUT2D eigenvalue weighted by atomic mass is 19.4. The van der Waals surface area contributed by atoms with Crippen molar-refractivity contribution in [2.45, 2.75) is 51.5 Å². The number of rotatable bonds is 10. The molecule has 1 aliphatic heterocycles. The van der Waals surface area contributed by atoms with Crippen molar-refractivity contribution in [3.63, 3.8) is 0 Å². The van der Waals surface area contributed by atoms with Crippen LogP contribution in [0, 0.1) is 0 Å². The number of aromatic nitrogens is 3. The Morgan fingerprint density at radius 1 is 1.04 bits per heavy atom. The third-order valence-electron chi connectivity index (χ3n) is 7.01. The van der Waals surface area contributed by atoms with Gasteiger partial charge in [0.2, 0.25) is 0 Å². The van der Waals surface area contributed by atoms with Gasteiger partial charge in [-0.15, -0.1) is 5.06 Å². The lowest BCUT2D eigenvalue weighted by Gasteiger charge is -2.31. The summed E-state index contributed by atoms with van der Waals surface area (Å²) in [6.45, 7) is 4.27. The number of alkyl halides is 3. The fourth-order valence-corrected chi connectivity index (χ4v) is 4.94. The van der Waals surface area contributed by atoms with E-state index in [9.17, 15) is 22.8 Å². The smallest absolute Gasteiger partial charge is 0.492 e. The van der Waals surface area contributed by atoms with Crippen LogP contribution in [0.3, 0.4) is 0 Å². The first-order valence-electron chi connectivity index (χ1n) is 14.6. The predicted molar refractivity (Wildman–Crippen MR) is 164 cm³/mol. The Balaban J connectivity index is 1.42. The Bertz CT molecular complexity index is 1660. The second kappa shape index (κ2) is 13.9. The van der Waals surface area contributed by atoms with Crippen molar-refractivity contribution < 1.29 is 37.1 Å². The summed E-state index contributed by atoms with van der Waals surface area (Å²) in [5.74, 6) is -0.227. The largest absolute Gasteiger partial charge is 0.497 e. The molecule has 0 spiro atoms. The van der Waals surface area contributed by atoms with Gasteiger partial charge in [0.15, 0.2) is 11.5 Å². The van der Waals surface area contributed by atoms with E-state index in [4.69, 9.17) is 14.6 Å². The second-order valence-corrected chi connectivity index (χ2v) is 11.0. The maximum atomic E-state index is 12.8. The molecule has 46 heavy (non-hydrogen) atoms. The number of methoxy groups -OCH3 is 1. The van der Waals surface area contributed by atoms with Gasteiger partial charge in [-0.05, 0) is 68.7 Å². The molecule has 1 aliphatic rings. The third-order valence-corrected chi connectivity index (χ3v) is 7.01. The number of nitrogens with zero attached hydrogens (tertiary/aromatic N) is 4.